The Balaban J connectivity index is 2.17. The van der Waals surface area contributed by atoms with E-state index in [1.165, 1.54) is 19.3 Å². The summed E-state index contributed by atoms with van der Waals surface area (Å²) in [6, 6.07) is 1.97. The Morgan fingerprint density at radius 1 is 1.38 bits per heavy atom. The number of nitrogens with zero attached hydrogens (tertiary/aromatic N) is 2. The van der Waals surface area contributed by atoms with Crippen molar-refractivity contribution < 1.29 is 0 Å². The summed E-state index contributed by atoms with van der Waals surface area (Å²) in [5.74, 6) is 1.85. The number of halogens is 1. The van der Waals surface area contributed by atoms with E-state index < -0.39 is 0 Å². The molecule has 0 radical (unpaired) electrons. The molecule has 16 heavy (non-hydrogen) atoms. The Bertz CT molecular complexity index is 369. The van der Waals surface area contributed by atoms with Crippen molar-refractivity contribution in [2.45, 2.75) is 51.5 Å². The Morgan fingerprint density at radius 2 is 2.12 bits per heavy atom. The zero-order chi connectivity index (χ0) is 11.6. The predicted molar refractivity (Wildman–Crippen MR) is 69.6 cm³/mol. The molecule has 1 aliphatic carbocycles. The molecule has 0 spiro atoms. The van der Waals surface area contributed by atoms with Crippen molar-refractivity contribution in [1.82, 2.24) is 9.97 Å². The van der Waals surface area contributed by atoms with Crippen LogP contribution >= 0.6 is 15.9 Å². The van der Waals surface area contributed by atoms with E-state index in [0.717, 1.165) is 29.1 Å². The number of nitrogens with one attached hydrogen (secondary N) is 1. The van der Waals surface area contributed by atoms with Gasteiger partial charge in [0.05, 0.1) is 0 Å². The van der Waals surface area contributed by atoms with Gasteiger partial charge in [0, 0.05) is 18.0 Å². The number of anilines is 1. The molecule has 1 aliphatic rings. The first-order valence-corrected chi connectivity index (χ1v) is 6.78. The monoisotopic (exact) mass is 283 g/mol. The standard InChI is InChI=1S/C12H18BrN3/c1-3-10-14-9(13)8-11(15-10)16-12(4-2)6-5-7-12/h8H,3-7H2,1-2H3,(H,14,15,16). The van der Waals surface area contributed by atoms with Gasteiger partial charge in [0.15, 0.2) is 0 Å². The van der Waals surface area contributed by atoms with Gasteiger partial charge in [-0.05, 0) is 41.6 Å². The molecule has 88 valence electrons. The lowest BCUT2D eigenvalue weighted by Crippen LogP contribution is -2.44. The summed E-state index contributed by atoms with van der Waals surface area (Å²) in [5.41, 5.74) is 0.290. The molecule has 0 amide bonds. The van der Waals surface area contributed by atoms with Crippen LogP contribution in [0.5, 0.6) is 0 Å². The van der Waals surface area contributed by atoms with Gasteiger partial charge in [0.2, 0.25) is 0 Å². The molecule has 4 heteroatoms. The van der Waals surface area contributed by atoms with Crippen LogP contribution in [0.4, 0.5) is 5.82 Å². The molecule has 0 atom stereocenters. The van der Waals surface area contributed by atoms with Gasteiger partial charge < -0.3 is 5.32 Å². The van der Waals surface area contributed by atoms with Gasteiger partial charge in [-0.25, -0.2) is 9.97 Å². The van der Waals surface area contributed by atoms with Gasteiger partial charge in [-0.15, -0.1) is 0 Å². The van der Waals surface area contributed by atoms with Crippen LogP contribution in [0.3, 0.4) is 0 Å². The number of rotatable bonds is 4. The number of hydrogen-bond donors (Lipinski definition) is 1. The molecule has 3 nitrogen and oxygen atoms in total. The minimum Gasteiger partial charge on any atom is -0.365 e. The van der Waals surface area contributed by atoms with Crippen LogP contribution in [0.1, 0.15) is 45.4 Å². The van der Waals surface area contributed by atoms with Gasteiger partial charge in [-0.1, -0.05) is 13.8 Å². The second-order valence-corrected chi connectivity index (χ2v) is 5.27. The quantitative estimate of drug-likeness (QED) is 0.859. The van der Waals surface area contributed by atoms with Gasteiger partial charge in [-0.2, -0.15) is 0 Å². The molecule has 0 aromatic carbocycles. The zero-order valence-electron chi connectivity index (χ0n) is 9.89. The summed E-state index contributed by atoms with van der Waals surface area (Å²) >= 11 is 3.43. The molecule has 0 unspecified atom stereocenters. The first kappa shape index (κ1) is 11.8. The molecular weight excluding hydrogens is 266 g/mol. The van der Waals surface area contributed by atoms with Crippen molar-refractivity contribution in [3.63, 3.8) is 0 Å². The minimum atomic E-state index is 0.290. The maximum atomic E-state index is 4.51. The zero-order valence-corrected chi connectivity index (χ0v) is 11.5. The molecule has 2 rings (SSSR count). The second-order valence-electron chi connectivity index (χ2n) is 4.46. The average molecular weight is 284 g/mol. The first-order valence-electron chi connectivity index (χ1n) is 5.99. The van der Waals surface area contributed by atoms with Crippen molar-refractivity contribution in [2.75, 3.05) is 5.32 Å². The average Bonchev–Trinajstić information content (AvgIpc) is 2.22. The molecule has 1 fully saturated rings. The predicted octanol–water partition coefficient (Wildman–Crippen LogP) is 3.55. The maximum Gasteiger partial charge on any atom is 0.131 e. The largest absolute Gasteiger partial charge is 0.365 e. The fraction of sp³-hybridized carbons (Fsp3) is 0.667. The molecule has 0 bridgehead atoms. The third-order valence-electron chi connectivity index (χ3n) is 3.44. The van der Waals surface area contributed by atoms with Crippen LogP contribution in [0.15, 0.2) is 10.7 Å². The molecule has 1 aromatic heterocycles. The molecule has 1 heterocycles. The van der Waals surface area contributed by atoms with E-state index >= 15 is 0 Å². The first-order chi connectivity index (χ1) is 7.67. The van der Waals surface area contributed by atoms with E-state index in [1.54, 1.807) is 0 Å². The second kappa shape index (κ2) is 4.70. The summed E-state index contributed by atoms with van der Waals surface area (Å²) in [7, 11) is 0. The summed E-state index contributed by atoms with van der Waals surface area (Å²) in [6.45, 7) is 4.31. The fourth-order valence-electron chi connectivity index (χ4n) is 2.13. The highest BCUT2D eigenvalue weighted by Crippen LogP contribution is 2.37. The van der Waals surface area contributed by atoms with Gasteiger partial charge in [0.25, 0.3) is 0 Å². The van der Waals surface area contributed by atoms with Crippen LogP contribution in [-0.4, -0.2) is 15.5 Å². The lowest BCUT2D eigenvalue weighted by atomic mass is 9.75. The van der Waals surface area contributed by atoms with E-state index in [-0.39, 0.29) is 0 Å². The van der Waals surface area contributed by atoms with Crippen LogP contribution in [0.25, 0.3) is 0 Å². The van der Waals surface area contributed by atoms with Crippen molar-refractivity contribution >= 4 is 21.7 Å². The lowest BCUT2D eigenvalue weighted by molar-refractivity contribution is 0.268. The van der Waals surface area contributed by atoms with Crippen LogP contribution < -0.4 is 5.32 Å². The number of aromatic nitrogens is 2. The van der Waals surface area contributed by atoms with Crippen molar-refractivity contribution in [1.29, 1.82) is 0 Å². The van der Waals surface area contributed by atoms with E-state index in [9.17, 15) is 0 Å². The van der Waals surface area contributed by atoms with Gasteiger partial charge >= 0.3 is 0 Å². The maximum absolute atomic E-state index is 4.51. The Hall–Kier alpha value is -0.640. The minimum absolute atomic E-state index is 0.290. The highest BCUT2D eigenvalue weighted by molar-refractivity contribution is 9.10. The van der Waals surface area contributed by atoms with Gasteiger partial charge in [0.1, 0.15) is 16.2 Å². The molecule has 0 saturated heterocycles. The molecular formula is C12H18BrN3. The summed E-state index contributed by atoms with van der Waals surface area (Å²) in [5, 5.41) is 3.58. The summed E-state index contributed by atoms with van der Waals surface area (Å²) in [4.78, 5) is 8.83. The summed E-state index contributed by atoms with van der Waals surface area (Å²) < 4.78 is 0.868. The van der Waals surface area contributed by atoms with Gasteiger partial charge in [-0.3, -0.25) is 0 Å². The normalized spacial score (nSPS) is 17.9. The lowest BCUT2D eigenvalue weighted by Gasteiger charge is -2.42. The molecule has 1 aromatic rings. The SMILES string of the molecule is CCc1nc(Br)cc(NC2(CC)CCC2)n1. The van der Waals surface area contributed by atoms with E-state index in [4.69, 9.17) is 0 Å². The summed E-state index contributed by atoms with van der Waals surface area (Å²) in [6.07, 6.45) is 5.87. The fourth-order valence-corrected chi connectivity index (χ4v) is 2.55. The Labute approximate surface area is 105 Å². The molecule has 0 aliphatic heterocycles. The van der Waals surface area contributed by atoms with E-state index in [1.807, 2.05) is 6.07 Å². The highest BCUT2D eigenvalue weighted by Gasteiger charge is 2.35. The topological polar surface area (TPSA) is 37.8 Å². The van der Waals surface area contributed by atoms with E-state index in [2.05, 4.69) is 45.1 Å². The van der Waals surface area contributed by atoms with Crippen LogP contribution in [0.2, 0.25) is 0 Å². The van der Waals surface area contributed by atoms with Crippen molar-refractivity contribution in [2.24, 2.45) is 0 Å². The molecule has 1 saturated carbocycles. The third kappa shape index (κ3) is 2.37. The Morgan fingerprint density at radius 3 is 2.62 bits per heavy atom. The van der Waals surface area contributed by atoms with Crippen molar-refractivity contribution in [3.8, 4) is 0 Å². The number of aryl methyl sites for hydroxylation is 1. The smallest absolute Gasteiger partial charge is 0.131 e. The number of hydrogen-bond acceptors (Lipinski definition) is 3. The Kier molecular flexibility index (Phi) is 3.47. The van der Waals surface area contributed by atoms with E-state index in [0.29, 0.717) is 5.54 Å². The van der Waals surface area contributed by atoms with Crippen molar-refractivity contribution in [3.05, 3.63) is 16.5 Å². The van der Waals surface area contributed by atoms with Crippen LogP contribution in [-0.2, 0) is 6.42 Å². The highest BCUT2D eigenvalue weighted by atomic mass is 79.9. The third-order valence-corrected chi connectivity index (χ3v) is 3.84. The van der Waals surface area contributed by atoms with Crippen LogP contribution in [0, 0.1) is 0 Å². The molecule has 1 N–H and O–H groups in total.